The zero-order valence-electron chi connectivity index (χ0n) is 12.8. The average molecular weight is 291 g/mol. The normalized spacial score (nSPS) is 20.3. The second kappa shape index (κ2) is 7.02. The van der Waals surface area contributed by atoms with E-state index in [2.05, 4.69) is 19.2 Å². The minimum absolute atomic E-state index is 0.193. The summed E-state index contributed by atoms with van der Waals surface area (Å²) in [6.45, 7) is 7.09. The van der Waals surface area contributed by atoms with Crippen molar-refractivity contribution in [3.63, 3.8) is 0 Å². The van der Waals surface area contributed by atoms with Gasteiger partial charge in [0.2, 0.25) is 0 Å². The summed E-state index contributed by atoms with van der Waals surface area (Å²) in [7, 11) is 0.293. The molecule has 1 N–H and O–H groups in total. The number of nitrogens with zero attached hydrogens (tertiary/aromatic N) is 2. The van der Waals surface area contributed by atoms with Gasteiger partial charge in [-0.05, 0) is 44.7 Å². The quantitative estimate of drug-likeness (QED) is 0.686. The molecule has 1 aliphatic heterocycles. The number of rotatable bonds is 8. The summed E-state index contributed by atoms with van der Waals surface area (Å²) in [5, 5.41) is 3.04. The van der Waals surface area contributed by atoms with E-state index in [0.29, 0.717) is 19.6 Å². The highest BCUT2D eigenvalue weighted by atomic mass is 32.2. The zero-order valence-corrected chi connectivity index (χ0v) is 13.6. The Morgan fingerprint density at radius 1 is 1.32 bits per heavy atom. The van der Waals surface area contributed by atoms with Crippen molar-refractivity contribution in [1.82, 2.24) is 13.9 Å². The van der Waals surface area contributed by atoms with E-state index in [1.165, 1.54) is 4.31 Å². The van der Waals surface area contributed by atoms with Crippen LogP contribution in [0.2, 0.25) is 0 Å². The molecule has 6 heteroatoms. The first-order valence-corrected chi connectivity index (χ1v) is 8.67. The zero-order chi connectivity index (χ0) is 14.5. The highest BCUT2D eigenvalue weighted by Gasteiger charge is 2.41. The van der Waals surface area contributed by atoms with Crippen LogP contribution in [-0.4, -0.2) is 57.3 Å². The third-order valence-electron chi connectivity index (χ3n) is 4.52. The summed E-state index contributed by atoms with van der Waals surface area (Å²) < 4.78 is 28.1. The van der Waals surface area contributed by atoms with E-state index in [9.17, 15) is 8.42 Å². The number of nitrogens with one attached hydrogen (secondary N) is 1. The molecule has 0 unspecified atom stereocenters. The van der Waals surface area contributed by atoms with Crippen LogP contribution in [0.1, 0.15) is 39.5 Å². The van der Waals surface area contributed by atoms with Crippen LogP contribution in [0.5, 0.6) is 0 Å². The first-order valence-electron chi connectivity index (χ1n) is 7.28. The topological polar surface area (TPSA) is 52.7 Å². The van der Waals surface area contributed by atoms with Crippen molar-refractivity contribution in [2.24, 2.45) is 5.41 Å². The molecule has 0 amide bonds. The van der Waals surface area contributed by atoms with Crippen molar-refractivity contribution in [2.45, 2.75) is 39.5 Å². The first kappa shape index (κ1) is 16.9. The molecule has 0 bridgehead atoms. The third-order valence-corrected chi connectivity index (χ3v) is 6.46. The molecular weight excluding hydrogens is 262 g/mol. The predicted molar refractivity (Wildman–Crippen MR) is 79.3 cm³/mol. The van der Waals surface area contributed by atoms with E-state index >= 15 is 0 Å². The number of hydrogen-bond donors (Lipinski definition) is 1. The lowest BCUT2D eigenvalue weighted by atomic mass is 9.82. The fraction of sp³-hybridized carbons (Fsp3) is 1.00. The highest BCUT2D eigenvalue weighted by molar-refractivity contribution is 7.86. The van der Waals surface area contributed by atoms with Gasteiger partial charge in [0, 0.05) is 26.7 Å². The molecule has 0 aromatic carbocycles. The lowest BCUT2D eigenvalue weighted by Gasteiger charge is -2.28. The van der Waals surface area contributed by atoms with Gasteiger partial charge in [-0.1, -0.05) is 13.8 Å². The minimum atomic E-state index is -3.27. The van der Waals surface area contributed by atoms with Crippen molar-refractivity contribution < 1.29 is 8.42 Å². The van der Waals surface area contributed by atoms with Gasteiger partial charge in [0.25, 0.3) is 10.2 Å². The molecule has 0 aliphatic carbocycles. The fourth-order valence-electron chi connectivity index (χ4n) is 2.71. The summed E-state index contributed by atoms with van der Waals surface area (Å²) in [5.74, 6) is 0. The van der Waals surface area contributed by atoms with Crippen molar-refractivity contribution in [2.75, 3.05) is 40.3 Å². The second-order valence-electron chi connectivity index (χ2n) is 5.58. The van der Waals surface area contributed by atoms with Gasteiger partial charge in [-0.2, -0.15) is 17.0 Å². The predicted octanol–water partition coefficient (Wildman–Crippen LogP) is 1.28. The standard InChI is InChI=1S/C13H29N3O2S/c1-5-13(6-2)8-11-16(12-13)19(17,18)15(4)10-7-9-14-3/h14H,5-12H2,1-4H3. The number of hydrogen-bond acceptors (Lipinski definition) is 3. The van der Waals surface area contributed by atoms with E-state index in [0.717, 1.165) is 32.2 Å². The summed E-state index contributed by atoms with van der Waals surface area (Å²) in [6.07, 6.45) is 3.94. The maximum Gasteiger partial charge on any atom is 0.281 e. The van der Waals surface area contributed by atoms with Gasteiger partial charge >= 0.3 is 0 Å². The Hall–Kier alpha value is -0.170. The monoisotopic (exact) mass is 291 g/mol. The molecule has 0 aromatic heterocycles. The van der Waals surface area contributed by atoms with Gasteiger partial charge in [-0.25, -0.2) is 0 Å². The van der Waals surface area contributed by atoms with Crippen LogP contribution in [0.4, 0.5) is 0 Å². The Morgan fingerprint density at radius 2 is 1.95 bits per heavy atom. The molecule has 1 aliphatic rings. The molecule has 0 saturated carbocycles. The van der Waals surface area contributed by atoms with Crippen LogP contribution in [-0.2, 0) is 10.2 Å². The van der Waals surface area contributed by atoms with Crippen molar-refractivity contribution in [3.8, 4) is 0 Å². The van der Waals surface area contributed by atoms with Gasteiger partial charge in [-0.15, -0.1) is 0 Å². The molecule has 0 spiro atoms. The van der Waals surface area contributed by atoms with E-state index in [1.54, 1.807) is 11.4 Å². The van der Waals surface area contributed by atoms with Gasteiger partial charge in [0.1, 0.15) is 0 Å². The molecule has 1 saturated heterocycles. The SMILES string of the molecule is CCC1(CC)CCN(S(=O)(=O)N(C)CCCNC)C1. The smallest absolute Gasteiger partial charge is 0.281 e. The van der Waals surface area contributed by atoms with E-state index < -0.39 is 10.2 Å². The molecule has 114 valence electrons. The second-order valence-corrected chi connectivity index (χ2v) is 7.61. The molecule has 1 rings (SSSR count). The van der Waals surface area contributed by atoms with Crippen LogP contribution < -0.4 is 5.32 Å². The third kappa shape index (κ3) is 3.90. The maximum atomic E-state index is 12.5. The molecule has 19 heavy (non-hydrogen) atoms. The maximum absolute atomic E-state index is 12.5. The molecule has 0 atom stereocenters. The summed E-state index contributed by atoms with van der Waals surface area (Å²) in [6, 6.07) is 0. The van der Waals surface area contributed by atoms with Gasteiger partial charge < -0.3 is 5.32 Å². The Labute approximate surface area is 118 Å². The molecule has 0 aromatic rings. The first-order chi connectivity index (χ1) is 8.91. The van der Waals surface area contributed by atoms with E-state index in [4.69, 9.17) is 0 Å². The Bertz CT molecular complexity index is 366. The average Bonchev–Trinajstić information content (AvgIpc) is 2.84. The summed E-state index contributed by atoms with van der Waals surface area (Å²) >= 11 is 0. The van der Waals surface area contributed by atoms with Crippen LogP contribution in [0, 0.1) is 5.41 Å². The Morgan fingerprint density at radius 3 is 2.42 bits per heavy atom. The van der Waals surface area contributed by atoms with Gasteiger partial charge in [0.15, 0.2) is 0 Å². The molecule has 0 radical (unpaired) electrons. The lowest BCUT2D eigenvalue weighted by molar-refractivity contribution is 0.274. The van der Waals surface area contributed by atoms with Gasteiger partial charge in [0.05, 0.1) is 0 Å². The molecule has 5 nitrogen and oxygen atoms in total. The van der Waals surface area contributed by atoms with Crippen LogP contribution >= 0.6 is 0 Å². The van der Waals surface area contributed by atoms with E-state index in [-0.39, 0.29) is 5.41 Å². The molecular formula is C13H29N3O2S. The summed E-state index contributed by atoms with van der Waals surface area (Å²) in [4.78, 5) is 0. The fourth-order valence-corrected chi connectivity index (χ4v) is 4.22. The summed E-state index contributed by atoms with van der Waals surface area (Å²) in [5.41, 5.74) is 0.193. The molecule has 1 heterocycles. The molecule has 1 fully saturated rings. The van der Waals surface area contributed by atoms with Crippen LogP contribution in [0.25, 0.3) is 0 Å². The van der Waals surface area contributed by atoms with Gasteiger partial charge in [-0.3, -0.25) is 0 Å². The Balaban J connectivity index is 2.64. The minimum Gasteiger partial charge on any atom is -0.320 e. The lowest BCUT2D eigenvalue weighted by Crippen LogP contribution is -2.42. The van der Waals surface area contributed by atoms with Crippen molar-refractivity contribution in [1.29, 1.82) is 0 Å². The van der Waals surface area contributed by atoms with Crippen LogP contribution in [0.15, 0.2) is 0 Å². The largest absolute Gasteiger partial charge is 0.320 e. The highest BCUT2D eigenvalue weighted by Crippen LogP contribution is 2.38. The van der Waals surface area contributed by atoms with Crippen LogP contribution in [0.3, 0.4) is 0 Å². The Kier molecular flexibility index (Phi) is 6.23. The van der Waals surface area contributed by atoms with Crippen molar-refractivity contribution >= 4 is 10.2 Å². The van der Waals surface area contributed by atoms with E-state index in [1.807, 2.05) is 7.05 Å². The van der Waals surface area contributed by atoms with Crippen molar-refractivity contribution in [3.05, 3.63) is 0 Å².